The number of aromatic hydroxyl groups is 1. The Bertz CT molecular complexity index is 488. The van der Waals surface area contributed by atoms with Crippen molar-refractivity contribution in [1.82, 2.24) is 10.2 Å². The number of hydrogen-bond donors (Lipinski definition) is 2. The number of methoxy groups -OCH3 is 1. The van der Waals surface area contributed by atoms with Gasteiger partial charge in [-0.3, -0.25) is 0 Å². The average molecular weight is 320 g/mol. The van der Waals surface area contributed by atoms with E-state index in [4.69, 9.17) is 4.74 Å². The molecule has 0 bridgehead atoms. The van der Waals surface area contributed by atoms with Gasteiger partial charge in [-0.2, -0.15) is 0 Å². The van der Waals surface area contributed by atoms with Crippen LogP contribution in [0.4, 0.5) is 4.79 Å². The summed E-state index contributed by atoms with van der Waals surface area (Å²) in [7, 11) is 1.71. The van der Waals surface area contributed by atoms with Crippen molar-refractivity contribution in [2.45, 2.75) is 38.6 Å². The minimum atomic E-state index is 0.0315. The normalized spacial score (nSPS) is 19.4. The quantitative estimate of drug-likeness (QED) is 0.847. The maximum atomic E-state index is 12.4. The number of rotatable bonds is 6. The van der Waals surface area contributed by atoms with Crippen molar-refractivity contribution in [2.24, 2.45) is 5.92 Å². The number of phenols is 1. The predicted octanol–water partition coefficient (Wildman–Crippen LogP) is 2.78. The number of amides is 2. The second-order valence-corrected chi connectivity index (χ2v) is 6.47. The monoisotopic (exact) mass is 320 g/mol. The zero-order valence-electron chi connectivity index (χ0n) is 14.1. The van der Waals surface area contributed by atoms with Gasteiger partial charge in [-0.15, -0.1) is 0 Å². The van der Waals surface area contributed by atoms with E-state index in [0.717, 1.165) is 45.4 Å². The lowest BCUT2D eigenvalue weighted by molar-refractivity contribution is 0.0996. The van der Waals surface area contributed by atoms with Crippen molar-refractivity contribution < 1.29 is 14.6 Å². The zero-order chi connectivity index (χ0) is 16.7. The average Bonchev–Trinajstić information content (AvgIpc) is 2.55. The van der Waals surface area contributed by atoms with Crippen molar-refractivity contribution in [1.29, 1.82) is 0 Å². The van der Waals surface area contributed by atoms with Crippen molar-refractivity contribution in [3.63, 3.8) is 0 Å². The number of hydrogen-bond acceptors (Lipinski definition) is 3. The standard InChI is InChI=1S/C18H28N2O3/c1-14(5-6-15-7-9-17(21)10-8-15)19-18(22)20-11-3-4-16(12-20)13-23-2/h7-10,14,16,21H,3-6,11-13H2,1-2H3,(H,19,22). The highest BCUT2D eigenvalue weighted by Crippen LogP contribution is 2.17. The molecule has 1 aliphatic heterocycles. The van der Waals surface area contributed by atoms with E-state index >= 15 is 0 Å². The molecule has 1 saturated heterocycles. The predicted molar refractivity (Wildman–Crippen MR) is 90.6 cm³/mol. The molecule has 128 valence electrons. The van der Waals surface area contributed by atoms with Crippen LogP contribution in [0.3, 0.4) is 0 Å². The molecule has 2 unspecified atom stereocenters. The fourth-order valence-electron chi connectivity index (χ4n) is 3.04. The number of ether oxygens (including phenoxy) is 1. The van der Waals surface area contributed by atoms with E-state index < -0.39 is 0 Å². The fraction of sp³-hybridized carbons (Fsp3) is 0.611. The molecule has 1 aliphatic rings. The van der Waals surface area contributed by atoms with Gasteiger partial charge in [-0.05, 0) is 50.3 Å². The SMILES string of the molecule is COCC1CCCN(C(=O)NC(C)CCc2ccc(O)cc2)C1. The summed E-state index contributed by atoms with van der Waals surface area (Å²) in [6.07, 6.45) is 3.94. The molecular weight excluding hydrogens is 292 g/mol. The summed E-state index contributed by atoms with van der Waals surface area (Å²) in [5.41, 5.74) is 1.17. The van der Waals surface area contributed by atoms with E-state index in [1.807, 2.05) is 24.0 Å². The third-order valence-electron chi connectivity index (χ3n) is 4.38. The smallest absolute Gasteiger partial charge is 0.317 e. The van der Waals surface area contributed by atoms with E-state index in [9.17, 15) is 9.90 Å². The van der Waals surface area contributed by atoms with Crippen LogP contribution in [0.5, 0.6) is 5.75 Å². The van der Waals surface area contributed by atoms with Gasteiger partial charge in [0.25, 0.3) is 0 Å². The topological polar surface area (TPSA) is 61.8 Å². The molecule has 23 heavy (non-hydrogen) atoms. The highest BCUT2D eigenvalue weighted by atomic mass is 16.5. The lowest BCUT2D eigenvalue weighted by Gasteiger charge is -2.33. The van der Waals surface area contributed by atoms with Gasteiger partial charge in [0.2, 0.25) is 0 Å². The molecule has 5 heteroatoms. The van der Waals surface area contributed by atoms with Crippen LogP contribution in [0.2, 0.25) is 0 Å². The third kappa shape index (κ3) is 5.75. The lowest BCUT2D eigenvalue weighted by atomic mass is 9.99. The van der Waals surface area contributed by atoms with Crippen molar-refractivity contribution in [3.05, 3.63) is 29.8 Å². The Balaban J connectivity index is 1.74. The zero-order valence-corrected chi connectivity index (χ0v) is 14.1. The van der Waals surface area contributed by atoms with E-state index in [-0.39, 0.29) is 17.8 Å². The summed E-state index contributed by atoms with van der Waals surface area (Å²) in [5.74, 6) is 0.734. The molecule has 2 N–H and O–H groups in total. The molecule has 0 radical (unpaired) electrons. The van der Waals surface area contributed by atoms with Gasteiger partial charge in [0.1, 0.15) is 5.75 Å². The molecule has 0 aliphatic carbocycles. The maximum Gasteiger partial charge on any atom is 0.317 e. The van der Waals surface area contributed by atoms with Crippen LogP contribution in [0.25, 0.3) is 0 Å². The summed E-state index contributed by atoms with van der Waals surface area (Å²) in [5, 5.41) is 12.4. The summed E-state index contributed by atoms with van der Waals surface area (Å²) in [4.78, 5) is 14.3. The Morgan fingerprint density at radius 2 is 2.17 bits per heavy atom. The second-order valence-electron chi connectivity index (χ2n) is 6.47. The van der Waals surface area contributed by atoms with Gasteiger partial charge in [-0.25, -0.2) is 4.79 Å². The summed E-state index contributed by atoms with van der Waals surface area (Å²) in [6.45, 7) is 4.37. The third-order valence-corrected chi connectivity index (χ3v) is 4.38. The van der Waals surface area contributed by atoms with Crippen LogP contribution >= 0.6 is 0 Å². The summed E-state index contributed by atoms with van der Waals surface area (Å²) >= 11 is 0. The van der Waals surface area contributed by atoms with Crippen molar-refractivity contribution >= 4 is 6.03 Å². The van der Waals surface area contributed by atoms with Crippen LogP contribution in [0, 0.1) is 5.92 Å². The van der Waals surface area contributed by atoms with Crippen molar-refractivity contribution in [2.75, 3.05) is 26.8 Å². The van der Waals surface area contributed by atoms with Crippen LogP contribution < -0.4 is 5.32 Å². The number of aryl methyl sites for hydroxylation is 1. The first-order chi connectivity index (χ1) is 11.1. The number of piperidine rings is 1. The van der Waals surface area contributed by atoms with Crippen LogP contribution in [0.1, 0.15) is 31.7 Å². The largest absolute Gasteiger partial charge is 0.508 e. The van der Waals surface area contributed by atoms with E-state index in [1.165, 1.54) is 5.56 Å². The van der Waals surface area contributed by atoms with E-state index in [1.54, 1.807) is 19.2 Å². The summed E-state index contributed by atoms with van der Waals surface area (Å²) in [6, 6.07) is 7.39. The summed E-state index contributed by atoms with van der Waals surface area (Å²) < 4.78 is 5.21. The van der Waals surface area contributed by atoms with Gasteiger partial charge in [0.05, 0.1) is 6.61 Å². The minimum absolute atomic E-state index is 0.0315. The molecule has 1 heterocycles. The number of carbonyl (C=O) groups excluding carboxylic acids is 1. The maximum absolute atomic E-state index is 12.4. The molecule has 2 rings (SSSR count). The fourth-order valence-corrected chi connectivity index (χ4v) is 3.04. The van der Waals surface area contributed by atoms with Crippen LogP contribution in [-0.2, 0) is 11.2 Å². The molecule has 1 aromatic carbocycles. The van der Waals surface area contributed by atoms with Crippen LogP contribution in [0.15, 0.2) is 24.3 Å². The Morgan fingerprint density at radius 3 is 2.87 bits per heavy atom. The molecule has 0 aromatic heterocycles. The number of phenolic OH excluding ortho intramolecular Hbond substituents is 1. The highest BCUT2D eigenvalue weighted by Gasteiger charge is 2.24. The molecule has 1 aromatic rings. The van der Waals surface area contributed by atoms with Gasteiger partial charge < -0.3 is 20.1 Å². The first-order valence-electron chi connectivity index (χ1n) is 8.40. The Kier molecular flexibility index (Phi) is 6.71. The number of benzene rings is 1. The molecule has 1 fully saturated rings. The molecular formula is C18H28N2O3. The number of carbonyl (C=O) groups is 1. The molecule has 5 nitrogen and oxygen atoms in total. The Labute approximate surface area is 138 Å². The Morgan fingerprint density at radius 1 is 1.43 bits per heavy atom. The molecule has 2 amide bonds. The molecule has 0 spiro atoms. The Hall–Kier alpha value is -1.75. The van der Waals surface area contributed by atoms with Gasteiger partial charge in [-0.1, -0.05) is 12.1 Å². The van der Waals surface area contributed by atoms with E-state index in [2.05, 4.69) is 5.32 Å². The van der Waals surface area contributed by atoms with E-state index in [0.29, 0.717) is 5.92 Å². The van der Waals surface area contributed by atoms with Crippen molar-refractivity contribution in [3.8, 4) is 5.75 Å². The number of nitrogens with one attached hydrogen (secondary N) is 1. The minimum Gasteiger partial charge on any atom is -0.508 e. The number of urea groups is 1. The first kappa shape index (κ1) is 17.6. The number of likely N-dealkylation sites (tertiary alicyclic amines) is 1. The lowest BCUT2D eigenvalue weighted by Crippen LogP contribution is -2.48. The first-order valence-corrected chi connectivity index (χ1v) is 8.40. The molecule has 2 atom stereocenters. The highest BCUT2D eigenvalue weighted by molar-refractivity contribution is 5.74. The van der Waals surface area contributed by atoms with Gasteiger partial charge in [0, 0.05) is 32.2 Å². The van der Waals surface area contributed by atoms with Gasteiger partial charge >= 0.3 is 6.03 Å². The van der Waals surface area contributed by atoms with Gasteiger partial charge in [0.15, 0.2) is 0 Å². The van der Waals surface area contributed by atoms with Crippen LogP contribution in [-0.4, -0.2) is 48.9 Å². The second kappa shape index (κ2) is 8.77. The molecule has 0 saturated carbocycles. The number of nitrogens with zero attached hydrogens (tertiary/aromatic N) is 1.